The van der Waals surface area contributed by atoms with E-state index in [0.717, 1.165) is 5.56 Å². The molecule has 2 N–H and O–H groups in total. The molecule has 0 spiro atoms. The molecule has 106 valence electrons. The third kappa shape index (κ3) is 4.35. The fraction of sp³-hybridized carbons (Fsp3) is 0.562. The van der Waals surface area contributed by atoms with Crippen LogP contribution in [0.25, 0.3) is 0 Å². The van der Waals surface area contributed by atoms with Crippen LogP contribution in [-0.2, 0) is 5.41 Å². The van der Waals surface area contributed by atoms with Crippen LogP contribution in [0.4, 0.5) is 0 Å². The number of amides is 1. The van der Waals surface area contributed by atoms with Gasteiger partial charge in [0, 0.05) is 12.1 Å². The van der Waals surface area contributed by atoms with Crippen molar-refractivity contribution in [3.05, 3.63) is 35.4 Å². The summed E-state index contributed by atoms with van der Waals surface area (Å²) >= 11 is 0. The Morgan fingerprint density at radius 2 is 1.79 bits per heavy atom. The molecule has 1 unspecified atom stereocenters. The quantitative estimate of drug-likeness (QED) is 0.877. The van der Waals surface area contributed by atoms with E-state index in [9.17, 15) is 9.90 Å². The number of aliphatic hydroxyl groups is 1. The van der Waals surface area contributed by atoms with Gasteiger partial charge in [-0.1, -0.05) is 45.9 Å². The largest absolute Gasteiger partial charge is 0.388 e. The molecule has 1 aromatic carbocycles. The lowest BCUT2D eigenvalue weighted by Crippen LogP contribution is -2.40. The molecular formula is C16H25NO2. The van der Waals surface area contributed by atoms with Gasteiger partial charge in [-0.25, -0.2) is 0 Å². The predicted octanol–water partition coefficient (Wildman–Crippen LogP) is 2.87. The van der Waals surface area contributed by atoms with Crippen molar-refractivity contribution >= 4 is 5.91 Å². The molecule has 1 aromatic rings. The van der Waals surface area contributed by atoms with Crippen molar-refractivity contribution in [2.75, 3.05) is 6.54 Å². The highest BCUT2D eigenvalue weighted by Crippen LogP contribution is 2.25. The number of hydrogen-bond donors (Lipinski definition) is 2. The van der Waals surface area contributed by atoms with Crippen molar-refractivity contribution in [3.63, 3.8) is 0 Å². The van der Waals surface area contributed by atoms with E-state index in [2.05, 4.69) is 26.1 Å². The summed E-state index contributed by atoms with van der Waals surface area (Å²) in [5.41, 5.74) is 0.763. The standard InChI is InChI=1S/C16H25NO2/c1-6-16(5,19)11-17-14(18)12-9-7-8-10-13(12)15(2,3)4/h7-10,19H,6,11H2,1-5H3,(H,17,18). The Morgan fingerprint density at radius 1 is 1.21 bits per heavy atom. The Labute approximate surface area is 116 Å². The molecular weight excluding hydrogens is 238 g/mol. The first kappa shape index (κ1) is 15.7. The van der Waals surface area contributed by atoms with Crippen molar-refractivity contribution in [2.24, 2.45) is 0 Å². The van der Waals surface area contributed by atoms with E-state index in [1.165, 1.54) is 0 Å². The molecule has 0 fully saturated rings. The summed E-state index contributed by atoms with van der Waals surface area (Å²) in [6.07, 6.45) is 0.605. The minimum Gasteiger partial charge on any atom is -0.388 e. The normalized spacial score (nSPS) is 14.8. The Hall–Kier alpha value is -1.35. The molecule has 0 aromatic heterocycles. The summed E-state index contributed by atoms with van der Waals surface area (Å²) in [5.74, 6) is -0.126. The highest BCUT2D eigenvalue weighted by molar-refractivity contribution is 5.96. The van der Waals surface area contributed by atoms with Crippen LogP contribution in [0.15, 0.2) is 24.3 Å². The zero-order valence-electron chi connectivity index (χ0n) is 12.6. The molecule has 0 radical (unpaired) electrons. The highest BCUT2D eigenvalue weighted by atomic mass is 16.3. The van der Waals surface area contributed by atoms with E-state index in [-0.39, 0.29) is 17.9 Å². The third-order valence-corrected chi connectivity index (χ3v) is 3.37. The third-order valence-electron chi connectivity index (χ3n) is 3.37. The molecule has 0 saturated carbocycles. The first-order valence-corrected chi connectivity index (χ1v) is 6.77. The molecule has 0 heterocycles. The van der Waals surface area contributed by atoms with Gasteiger partial charge in [0.1, 0.15) is 0 Å². The topological polar surface area (TPSA) is 49.3 Å². The van der Waals surface area contributed by atoms with Crippen molar-refractivity contribution in [1.29, 1.82) is 0 Å². The van der Waals surface area contributed by atoms with Crippen LogP contribution in [0.2, 0.25) is 0 Å². The first-order chi connectivity index (χ1) is 8.67. The van der Waals surface area contributed by atoms with Crippen molar-refractivity contribution < 1.29 is 9.90 Å². The Bertz CT molecular complexity index is 444. The summed E-state index contributed by atoms with van der Waals surface area (Å²) in [6.45, 7) is 10.1. The van der Waals surface area contributed by atoms with E-state index < -0.39 is 5.60 Å². The van der Waals surface area contributed by atoms with Crippen LogP contribution < -0.4 is 5.32 Å². The molecule has 1 atom stereocenters. The summed E-state index contributed by atoms with van der Waals surface area (Å²) < 4.78 is 0. The molecule has 0 bridgehead atoms. The second-order valence-corrected chi connectivity index (χ2v) is 6.33. The molecule has 0 aliphatic heterocycles. The van der Waals surface area contributed by atoms with Crippen molar-refractivity contribution in [1.82, 2.24) is 5.32 Å². The number of hydrogen-bond acceptors (Lipinski definition) is 2. The SMILES string of the molecule is CCC(C)(O)CNC(=O)c1ccccc1C(C)(C)C. The molecule has 3 heteroatoms. The second-order valence-electron chi connectivity index (χ2n) is 6.33. The summed E-state index contributed by atoms with van der Waals surface area (Å²) in [5, 5.41) is 12.7. The van der Waals surface area contributed by atoms with Gasteiger partial charge in [-0.05, 0) is 30.4 Å². The van der Waals surface area contributed by atoms with Gasteiger partial charge in [0.05, 0.1) is 5.60 Å². The van der Waals surface area contributed by atoms with E-state index in [1.54, 1.807) is 6.92 Å². The summed E-state index contributed by atoms with van der Waals surface area (Å²) in [7, 11) is 0. The molecule has 19 heavy (non-hydrogen) atoms. The number of carbonyl (C=O) groups excluding carboxylic acids is 1. The Kier molecular flexibility index (Phi) is 4.75. The van der Waals surface area contributed by atoms with Crippen LogP contribution in [0, 0.1) is 0 Å². The minimum absolute atomic E-state index is 0.0821. The van der Waals surface area contributed by atoms with E-state index in [1.807, 2.05) is 31.2 Å². The van der Waals surface area contributed by atoms with E-state index in [4.69, 9.17) is 0 Å². The van der Waals surface area contributed by atoms with Crippen molar-refractivity contribution in [3.8, 4) is 0 Å². The van der Waals surface area contributed by atoms with Gasteiger partial charge in [0.25, 0.3) is 5.91 Å². The predicted molar refractivity (Wildman–Crippen MR) is 78.4 cm³/mol. The van der Waals surface area contributed by atoms with E-state index in [0.29, 0.717) is 12.0 Å². The van der Waals surface area contributed by atoms with Gasteiger partial charge in [-0.2, -0.15) is 0 Å². The fourth-order valence-corrected chi connectivity index (χ4v) is 1.83. The van der Waals surface area contributed by atoms with Crippen LogP contribution in [-0.4, -0.2) is 23.2 Å². The number of carbonyl (C=O) groups is 1. The van der Waals surface area contributed by atoms with Gasteiger partial charge >= 0.3 is 0 Å². The van der Waals surface area contributed by atoms with Crippen LogP contribution in [0.5, 0.6) is 0 Å². The maximum Gasteiger partial charge on any atom is 0.251 e. The molecule has 0 saturated heterocycles. The average molecular weight is 263 g/mol. The summed E-state index contributed by atoms with van der Waals surface area (Å²) in [4.78, 5) is 12.3. The van der Waals surface area contributed by atoms with E-state index >= 15 is 0 Å². The molecule has 0 aliphatic carbocycles. The zero-order chi connectivity index (χ0) is 14.7. The van der Waals surface area contributed by atoms with Gasteiger partial charge in [-0.3, -0.25) is 4.79 Å². The number of rotatable bonds is 4. The molecule has 3 nitrogen and oxygen atoms in total. The van der Waals surface area contributed by atoms with Crippen LogP contribution in [0.1, 0.15) is 57.0 Å². The average Bonchev–Trinajstić information content (AvgIpc) is 2.35. The molecule has 0 aliphatic rings. The van der Waals surface area contributed by atoms with Gasteiger partial charge in [-0.15, -0.1) is 0 Å². The lowest BCUT2D eigenvalue weighted by atomic mass is 9.83. The first-order valence-electron chi connectivity index (χ1n) is 6.77. The minimum atomic E-state index is -0.855. The maximum absolute atomic E-state index is 12.3. The Morgan fingerprint density at radius 3 is 2.32 bits per heavy atom. The Balaban J connectivity index is 2.90. The van der Waals surface area contributed by atoms with Gasteiger partial charge in [0.15, 0.2) is 0 Å². The van der Waals surface area contributed by atoms with Gasteiger partial charge < -0.3 is 10.4 Å². The zero-order valence-corrected chi connectivity index (χ0v) is 12.6. The van der Waals surface area contributed by atoms with Crippen LogP contribution >= 0.6 is 0 Å². The highest BCUT2D eigenvalue weighted by Gasteiger charge is 2.23. The number of benzene rings is 1. The fourth-order valence-electron chi connectivity index (χ4n) is 1.83. The summed E-state index contributed by atoms with van der Waals surface area (Å²) in [6, 6.07) is 7.62. The molecule has 1 rings (SSSR count). The van der Waals surface area contributed by atoms with Crippen LogP contribution in [0.3, 0.4) is 0 Å². The lowest BCUT2D eigenvalue weighted by molar-refractivity contribution is 0.0518. The monoisotopic (exact) mass is 263 g/mol. The lowest BCUT2D eigenvalue weighted by Gasteiger charge is -2.24. The van der Waals surface area contributed by atoms with Gasteiger partial charge in [0.2, 0.25) is 0 Å². The smallest absolute Gasteiger partial charge is 0.251 e. The number of nitrogens with one attached hydrogen (secondary N) is 1. The molecule has 1 amide bonds. The second kappa shape index (κ2) is 5.74. The maximum atomic E-state index is 12.3. The van der Waals surface area contributed by atoms with Crippen molar-refractivity contribution in [2.45, 2.75) is 52.1 Å².